The molecule has 0 aromatic rings. The summed E-state index contributed by atoms with van der Waals surface area (Å²) in [5, 5.41) is 0. The van der Waals surface area contributed by atoms with Gasteiger partial charge in [-0.05, 0) is 106 Å². The Morgan fingerprint density at radius 2 is 0.817 bits per heavy atom. The normalized spacial score (nSPS) is 30.4. The summed E-state index contributed by atoms with van der Waals surface area (Å²) >= 11 is 0. The van der Waals surface area contributed by atoms with E-state index in [-0.39, 0.29) is 41.4 Å². The third kappa shape index (κ3) is 19.5. The van der Waals surface area contributed by atoms with Gasteiger partial charge in [-0.15, -0.1) is 0 Å². The van der Waals surface area contributed by atoms with Crippen LogP contribution in [0.1, 0.15) is 96.9 Å². The van der Waals surface area contributed by atoms with E-state index in [2.05, 4.69) is 156 Å². The van der Waals surface area contributed by atoms with Crippen molar-refractivity contribution in [3.05, 3.63) is 0 Å². The van der Waals surface area contributed by atoms with E-state index in [4.69, 9.17) is 49.7 Å². The molecule has 2 aliphatic heterocycles. The molecule has 0 amide bonds. The molecule has 357 valence electrons. The van der Waals surface area contributed by atoms with E-state index in [9.17, 15) is 0 Å². The van der Waals surface area contributed by atoms with Gasteiger partial charge in [-0.3, -0.25) is 0 Å². The highest BCUT2D eigenvalue weighted by Gasteiger charge is 2.74. The number of fused-ring (bicyclic) bond motifs is 2. The summed E-state index contributed by atoms with van der Waals surface area (Å²) in [6.45, 7) is 50.7. The molecule has 2 bridgehead atoms. The first-order valence-electron chi connectivity index (χ1n) is 23.0. The van der Waals surface area contributed by atoms with Crippen molar-refractivity contribution in [2.45, 2.75) is 198 Å². The molecule has 22 heteroatoms. The van der Waals surface area contributed by atoms with Crippen LogP contribution in [-0.2, 0) is 49.7 Å². The van der Waals surface area contributed by atoms with Crippen LogP contribution in [0.2, 0.25) is 101 Å². The third-order valence-electron chi connectivity index (χ3n) is 8.63. The second-order valence-electron chi connectivity index (χ2n) is 23.3. The summed E-state index contributed by atoms with van der Waals surface area (Å²) < 4.78 is 91.7. The molecule has 2 rings (SSSR count). The minimum absolute atomic E-state index is 0.101. The lowest BCUT2D eigenvalue weighted by molar-refractivity contribution is 0.0390. The van der Waals surface area contributed by atoms with Gasteiger partial charge < -0.3 is 49.7 Å². The van der Waals surface area contributed by atoms with Gasteiger partial charge in [0.2, 0.25) is 0 Å². The van der Waals surface area contributed by atoms with Crippen molar-refractivity contribution in [2.75, 3.05) is 7.11 Å². The van der Waals surface area contributed by atoms with Gasteiger partial charge in [-0.2, -0.15) is 0 Å². The van der Waals surface area contributed by atoms with Crippen LogP contribution in [0.15, 0.2) is 0 Å². The zero-order valence-corrected chi connectivity index (χ0v) is 52.9. The Morgan fingerprint density at radius 1 is 0.417 bits per heavy atom. The van der Waals surface area contributed by atoms with Crippen molar-refractivity contribution >= 4 is 87.1 Å². The highest BCUT2D eigenvalue weighted by Crippen LogP contribution is 2.48. The summed E-state index contributed by atoms with van der Waals surface area (Å²) in [6.07, 6.45) is 0. The van der Waals surface area contributed by atoms with E-state index >= 15 is 0 Å². The van der Waals surface area contributed by atoms with Crippen LogP contribution in [0.3, 0.4) is 0 Å². The first kappa shape index (κ1) is 57.8. The fourth-order valence-corrected chi connectivity index (χ4v) is 56.2. The second kappa shape index (κ2) is 22.2. The van der Waals surface area contributed by atoms with Crippen LogP contribution in [0.4, 0.5) is 0 Å². The topological polar surface area (TPSA) is 111 Å². The molecule has 2 saturated heterocycles. The van der Waals surface area contributed by atoms with E-state index < -0.39 is 87.1 Å². The van der Waals surface area contributed by atoms with Gasteiger partial charge in [0.1, 0.15) is 0 Å². The Morgan fingerprint density at radius 3 is 1.22 bits per heavy atom. The first-order valence-corrected chi connectivity index (χ1v) is 46.4. The number of rotatable bonds is 23. The van der Waals surface area contributed by atoms with Crippen molar-refractivity contribution in [3.8, 4) is 0 Å². The molecule has 2 aliphatic rings. The zero-order chi connectivity index (χ0) is 46.6. The van der Waals surface area contributed by atoms with Crippen LogP contribution in [-0.4, -0.2) is 94.2 Å². The highest BCUT2D eigenvalue weighted by atomic mass is 28.6. The largest absolute Gasteiger partial charge is 0.483 e. The van der Waals surface area contributed by atoms with Crippen molar-refractivity contribution < 1.29 is 49.7 Å². The zero-order valence-electron chi connectivity index (χ0n) is 42.9. The fraction of sp³-hybridized carbons (Fsp3) is 1.00. The van der Waals surface area contributed by atoms with E-state index in [1.165, 1.54) is 0 Å². The maximum atomic E-state index is 8.03. The van der Waals surface area contributed by atoms with Crippen molar-refractivity contribution in [2.24, 2.45) is 41.4 Å². The first-order chi connectivity index (χ1) is 26.9. The minimum Gasteiger partial charge on any atom is -0.417 e. The van der Waals surface area contributed by atoms with Crippen LogP contribution < -0.4 is 0 Å². The molecule has 0 N–H and O–H groups in total. The Labute approximate surface area is 381 Å². The predicted octanol–water partition coefficient (Wildman–Crippen LogP) is 12.1. The Balaban J connectivity index is 3.39. The number of hydrogen-bond acceptors (Lipinski definition) is 12. The molecule has 6 unspecified atom stereocenters. The van der Waals surface area contributed by atoms with Gasteiger partial charge in [-0.25, -0.2) is 0 Å². The van der Waals surface area contributed by atoms with Crippen molar-refractivity contribution in [3.63, 3.8) is 0 Å². The van der Waals surface area contributed by atoms with Gasteiger partial charge in [0.25, 0.3) is 0 Å². The van der Waals surface area contributed by atoms with E-state index in [0.717, 1.165) is 0 Å². The van der Waals surface area contributed by atoms with Crippen LogP contribution in [0, 0.1) is 41.4 Å². The Hall–Kier alpha value is 1.69. The lowest BCUT2D eigenvalue weighted by atomic mass is 10.3. The molecular weight excluding hydrogens is 929 g/mol. The molecule has 60 heavy (non-hydrogen) atoms. The van der Waals surface area contributed by atoms with Gasteiger partial charge in [0.15, 0.2) is 25.0 Å². The molecule has 0 aromatic heterocycles. The van der Waals surface area contributed by atoms with Crippen LogP contribution >= 0.6 is 0 Å². The quantitative estimate of drug-likeness (QED) is 0.0909. The SMILES string of the molecule is CO[Si](CC(C)C)(O[Si](C)(C)C)O[Si]1(CC(C)C)O[Si]2(CC(C)C)O[Si](CC(C)C)O[Si](CC(C)C)(O[Si](C)(C)C)O[Si](CC(C)C)(O2)O[Si](CC(C)C)(O[Si](C)(C)C)O1. The summed E-state index contributed by atoms with van der Waals surface area (Å²) in [5.74, 6) is 1.19. The second-order valence-corrected chi connectivity index (χ2v) is 57.2. The number of hydrogen-bond donors (Lipinski definition) is 0. The van der Waals surface area contributed by atoms with Crippen LogP contribution in [0.25, 0.3) is 0 Å². The lowest BCUT2D eigenvalue weighted by Gasteiger charge is -2.56. The molecule has 2 fully saturated rings. The maximum Gasteiger partial charge on any atom is 0.483 e. The molecular formula is C38H93O12Si10. The molecule has 0 aromatic carbocycles. The van der Waals surface area contributed by atoms with E-state index in [1.807, 2.05) is 0 Å². The maximum absolute atomic E-state index is 8.03. The smallest absolute Gasteiger partial charge is 0.417 e. The fourth-order valence-electron chi connectivity index (χ4n) is 7.81. The molecule has 0 aliphatic carbocycles. The molecule has 2 heterocycles. The van der Waals surface area contributed by atoms with Gasteiger partial charge >= 0.3 is 62.1 Å². The molecule has 0 saturated carbocycles. The summed E-state index contributed by atoms with van der Waals surface area (Å²) in [7, 11) is -30.4. The van der Waals surface area contributed by atoms with E-state index in [0.29, 0.717) is 42.3 Å². The molecule has 12 nitrogen and oxygen atoms in total. The monoisotopic (exact) mass is 1020 g/mol. The molecule has 1 radical (unpaired) electrons. The minimum atomic E-state index is -4.06. The predicted molar refractivity (Wildman–Crippen MR) is 267 cm³/mol. The van der Waals surface area contributed by atoms with Gasteiger partial charge in [0, 0.05) is 43.4 Å². The highest BCUT2D eigenvalue weighted by molar-refractivity contribution is 6.97. The average molecular weight is 1020 g/mol. The van der Waals surface area contributed by atoms with Crippen LogP contribution in [0.5, 0.6) is 0 Å². The standard InChI is InChI=1S/C38H93O12Si10/c1-32(2)25-51-40-56(27-34(5)6,43-53(19,20)21)46-60(31-38(13)14)48-57(41-51,28-35(7)8)47-59(30-37(11)12,45-55(39-15,26-33(3)4)42-52(16,17)18)49-58(50-60,29-36(9)10)44-54(22,23)24/h32-38H,25-31H2,1-24H3. The van der Waals surface area contributed by atoms with Crippen molar-refractivity contribution in [1.82, 2.24) is 0 Å². The van der Waals surface area contributed by atoms with Gasteiger partial charge in [-0.1, -0.05) is 96.9 Å². The summed E-state index contributed by atoms with van der Waals surface area (Å²) in [5.41, 5.74) is 0. The molecule has 0 spiro atoms. The summed E-state index contributed by atoms with van der Waals surface area (Å²) in [4.78, 5) is 0. The Kier molecular flexibility index (Phi) is 21.4. The van der Waals surface area contributed by atoms with Gasteiger partial charge in [0.05, 0.1) is 0 Å². The summed E-state index contributed by atoms with van der Waals surface area (Å²) in [6, 6.07) is 3.90. The lowest BCUT2D eigenvalue weighted by Crippen LogP contribution is -2.79. The van der Waals surface area contributed by atoms with Crippen molar-refractivity contribution in [1.29, 1.82) is 0 Å². The Bertz CT molecular complexity index is 1320. The molecule has 6 atom stereocenters. The van der Waals surface area contributed by atoms with E-state index in [1.54, 1.807) is 7.11 Å². The third-order valence-corrected chi connectivity index (χ3v) is 48.6. The average Bonchev–Trinajstić information content (AvgIpc) is 2.89.